The quantitative estimate of drug-likeness (QED) is 0.369. The molecule has 0 unspecified atom stereocenters. The van der Waals surface area contributed by atoms with Crippen LogP contribution in [0.15, 0.2) is 12.7 Å². The van der Waals surface area contributed by atoms with Gasteiger partial charge in [-0.1, -0.05) is 61.2 Å². The lowest BCUT2D eigenvalue weighted by molar-refractivity contribution is -0.155. The van der Waals surface area contributed by atoms with E-state index in [1.807, 2.05) is 0 Å². The van der Waals surface area contributed by atoms with E-state index in [4.69, 9.17) is 23.1 Å². The van der Waals surface area contributed by atoms with E-state index in [1.54, 1.807) is 10.9 Å². The van der Waals surface area contributed by atoms with E-state index < -0.39 is 47.1 Å². The van der Waals surface area contributed by atoms with Gasteiger partial charge in [0.15, 0.2) is 23.5 Å². The van der Waals surface area contributed by atoms with E-state index in [2.05, 4.69) is 76.1 Å². The van der Waals surface area contributed by atoms with Crippen LogP contribution in [0.5, 0.6) is 5.88 Å². The summed E-state index contributed by atoms with van der Waals surface area (Å²) in [6, 6.07) is 1.01. The molecular weight excluding hydrogens is 508 g/mol. The number of imidazole rings is 1. The highest BCUT2D eigenvalue weighted by Gasteiger charge is 2.65. The Morgan fingerprint density at radius 3 is 2.41 bits per heavy atom. The predicted molar refractivity (Wildman–Crippen MR) is 144 cm³/mol. The molecule has 0 amide bonds. The molecule has 0 aliphatic carbocycles. The number of hydrogen-bond donors (Lipinski definition) is 0. The van der Waals surface area contributed by atoms with E-state index in [1.165, 1.54) is 13.3 Å². The summed E-state index contributed by atoms with van der Waals surface area (Å²) in [5.74, 6) is 0.0375. The lowest BCUT2D eigenvalue weighted by atomic mass is 10.1. The molecule has 0 saturated carbocycles. The zero-order chi connectivity index (χ0) is 27.4. The van der Waals surface area contributed by atoms with Crippen molar-refractivity contribution in [1.82, 2.24) is 19.5 Å². The van der Waals surface area contributed by atoms with Gasteiger partial charge in [0.2, 0.25) is 5.88 Å². The molecule has 4 heterocycles. The molecule has 0 N–H and O–H groups in total. The van der Waals surface area contributed by atoms with Crippen LogP contribution in [0, 0.1) is 0 Å². The standard InChI is InChI=1S/C25H42N4O6Si2/c1-16(30)33-20-19-17(13-32-37(35-19,24(2,3)4)25(5,6)7)34-23(20)29-15-28-18-21(29)26-14-27-22(18)31-11-12-36(8,9)10/h14-15,17,19-20,23H,11-13H2,1-10H3/t17-,19-,20-,23-/m1/s1. The van der Waals surface area contributed by atoms with Crippen LogP contribution >= 0.6 is 0 Å². The van der Waals surface area contributed by atoms with Gasteiger partial charge in [-0.25, -0.2) is 9.97 Å². The van der Waals surface area contributed by atoms with Crippen molar-refractivity contribution in [3.8, 4) is 5.88 Å². The van der Waals surface area contributed by atoms with Crippen LogP contribution < -0.4 is 4.74 Å². The van der Waals surface area contributed by atoms with Gasteiger partial charge in [0.05, 0.1) is 19.5 Å². The molecule has 4 atom stereocenters. The first-order chi connectivity index (χ1) is 17.0. The lowest BCUT2D eigenvalue weighted by Gasteiger charge is -2.53. The first-order valence-electron chi connectivity index (χ1n) is 13.0. The number of nitrogens with zero attached hydrogens (tertiary/aromatic N) is 4. The number of carbonyl (C=O) groups is 1. The second-order valence-electron chi connectivity index (χ2n) is 13.3. The van der Waals surface area contributed by atoms with Crippen molar-refractivity contribution in [2.24, 2.45) is 0 Å². The minimum atomic E-state index is -2.81. The van der Waals surface area contributed by atoms with Crippen molar-refractivity contribution < 1.29 is 27.9 Å². The second kappa shape index (κ2) is 9.71. The number of fused-ring (bicyclic) bond motifs is 2. The van der Waals surface area contributed by atoms with Crippen molar-refractivity contribution in [2.75, 3.05) is 13.2 Å². The molecule has 206 valence electrons. The van der Waals surface area contributed by atoms with Crippen molar-refractivity contribution in [2.45, 2.75) is 109 Å². The number of hydrogen-bond acceptors (Lipinski definition) is 9. The summed E-state index contributed by atoms with van der Waals surface area (Å²) in [5.41, 5.74) is 1.10. The zero-order valence-electron chi connectivity index (χ0n) is 23.8. The summed E-state index contributed by atoms with van der Waals surface area (Å²) >= 11 is 0. The smallest absolute Gasteiger partial charge is 0.349 e. The molecule has 2 aromatic heterocycles. The Balaban J connectivity index is 1.68. The fourth-order valence-corrected chi connectivity index (χ4v) is 11.1. The van der Waals surface area contributed by atoms with Gasteiger partial charge in [0.25, 0.3) is 0 Å². The van der Waals surface area contributed by atoms with E-state index in [0.717, 1.165) is 6.04 Å². The Morgan fingerprint density at radius 1 is 1.14 bits per heavy atom. The molecule has 0 spiro atoms. The Hall–Kier alpha value is -1.87. The van der Waals surface area contributed by atoms with Gasteiger partial charge in [-0.05, 0) is 6.04 Å². The van der Waals surface area contributed by atoms with Crippen molar-refractivity contribution >= 4 is 33.8 Å². The van der Waals surface area contributed by atoms with Crippen LogP contribution in [-0.4, -0.2) is 73.6 Å². The van der Waals surface area contributed by atoms with Gasteiger partial charge >= 0.3 is 14.5 Å². The Kier molecular flexibility index (Phi) is 7.38. The van der Waals surface area contributed by atoms with Crippen molar-refractivity contribution in [3.05, 3.63) is 12.7 Å². The van der Waals surface area contributed by atoms with Crippen LogP contribution in [0.1, 0.15) is 54.7 Å². The molecule has 2 aliphatic heterocycles. The fraction of sp³-hybridized carbons (Fsp3) is 0.760. The van der Waals surface area contributed by atoms with Crippen molar-refractivity contribution in [3.63, 3.8) is 0 Å². The molecule has 4 rings (SSSR count). The van der Waals surface area contributed by atoms with E-state index in [0.29, 0.717) is 30.3 Å². The van der Waals surface area contributed by atoms with Crippen molar-refractivity contribution in [1.29, 1.82) is 0 Å². The highest BCUT2D eigenvalue weighted by Crippen LogP contribution is 2.56. The molecule has 12 heteroatoms. The molecule has 0 aromatic carbocycles. The summed E-state index contributed by atoms with van der Waals surface area (Å²) in [6.07, 6.45) is 0.867. The highest BCUT2D eigenvalue weighted by atomic mass is 28.4. The Bertz CT molecular complexity index is 1120. The second-order valence-corrected chi connectivity index (χ2v) is 23.7. The molecule has 0 bridgehead atoms. The summed E-state index contributed by atoms with van der Waals surface area (Å²) in [4.78, 5) is 25.6. The molecule has 37 heavy (non-hydrogen) atoms. The molecule has 2 aromatic rings. The number of aromatic nitrogens is 4. The molecule has 2 fully saturated rings. The van der Waals surface area contributed by atoms with Crippen LogP contribution in [-0.2, 0) is 23.1 Å². The normalized spacial score (nSPS) is 26.2. The number of carbonyl (C=O) groups excluding carboxylic acids is 1. The molecule has 2 saturated heterocycles. The van der Waals surface area contributed by atoms with E-state index >= 15 is 0 Å². The minimum absolute atomic E-state index is 0.216. The monoisotopic (exact) mass is 550 g/mol. The average molecular weight is 551 g/mol. The predicted octanol–water partition coefficient (Wildman–Crippen LogP) is 4.83. The van der Waals surface area contributed by atoms with Gasteiger partial charge < -0.3 is 23.1 Å². The maximum Gasteiger partial charge on any atom is 0.349 e. The van der Waals surface area contributed by atoms with Crippen LogP contribution in [0.25, 0.3) is 11.2 Å². The third kappa shape index (κ3) is 5.35. The van der Waals surface area contributed by atoms with Crippen LogP contribution in [0.4, 0.5) is 0 Å². The van der Waals surface area contributed by atoms with Gasteiger partial charge in [-0.3, -0.25) is 9.36 Å². The summed E-state index contributed by atoms with van der Waals surface area (Å²) in [6.45, 7) is 22.2. The molecule has 10 nitrogen and oxygen atoms in total. The van der Waals surface area contributed by atoms with Gasteiger partial charge in [0.1, 0.15) is 18.5 Å². The van der Waals surface area contributed by atoms with Gasteiger partial charge in [-0.15, -0.1) is 0 Å². The topological polar surface area (TPSA) is 107 Å². The molecular formula is C25H42N4O6Si2. The minimum Gasteiger partial charge on any atom is -0.476 e. The number of esters is 1. The van der Waals surface area contributed by atoms with Gasteiger partial charge in [-0.2, -0.15) is 4.98 Å². The van der Waals surface area contributed by atoms with Crippen LogP contribution in [0.3, 0.4) is 0 Å². The first-order valence-corrected chi connectivity index (χ1v) is 18.5. The lowest BCUT2D eigenvalue weighted by Crippen LogP contribution is -2.65. The molecule has 0 radical (unpaired) electrons. The zero-order valence-corrected chi connectivity index (χ0v) is 25.8. The fourth-order valence-electron chi connectivity index (χ4n) is 5.44. The Labute approximate surface area is 221 Å². The number of ether oxygens (including phenoxy) is 3. The largest absolute Gasteiger partial charge is 0.476 e. The van der Waals surface area contributed by atoms with Crippen LogP contribution in [0.2, 0.25) is 35.8 Å². The maximum absolute atomic E-state index is 12.2. The first kappa shape index (κ1) is 28.1. The van der Waals surface area contributed by atoms with Gasteiger partial charge in [0, 0.05) is 25.1 Å². The van der Waals surface area contributed by atoms with E-state index in [-0.39, 0.29) is 10.1 Å². The SMILES string of the molecule is CC(=O)O[C@@H]1[C@@H]2O[Si](C(C)(C)C)(C(C)(C)C)OC[C@H]2O[C@H]1n1cnc2c(OCC[Si](C)(C)C)ncnc21. The highest BCUT2D eigenvalue weighted by molar-refractivity contribution is 6.76. The third-order valence-electron chi connectivity index (χ3n) is 7.01. The average Bonchev–Trinajstić information content (AvgIpc) is 3.32. The summed E-state index contributed by atoms with van der Waals surface area (Å²) in [5, 5.41) is -0.432. The maximum atomic E-state index is 12.2. The Morgan fingerprint density at radius 2 is 1.81 bits per heavy atom. The third-order valence-corrected chi connectivity index (χ3v) is 13.8. The summed E-state index contributed by atoms with van der Waals surface area (Å²) < 4.78 is 33.6. The summed E-state index contributed by atoms with van der Waals surface area (Å²) in [7, 11) is -4.07. The molecule has 2 aliphatic rings. The number of rotatable bonds is 6. The van der Waals surface area contributed by atoms with E-state index in [9.17, 15) is 4.79 Å².